The molecule has 0 bridgehead atoms. The highest BCUT2D eigenvalue weighted by atomic mass is 35.5. The lowest BCUT2D eigenvalue weighted by molar-refractivity contribution is 0.0414. The van der Waals surface area contributed by atoms with Crippen LogP contribution in [0.2, 0.25) is 5.02 Å². The van der Waals surface area contributed by atoms with Crippen molar-refractivity contribution in [2.45, 2.75) is 6.61 Å². The maximum atomic E-state index is 12.7. The van der Waals surface area contributed by atoms with E-state index in [1.807, 2.05) is 60.7 Å². The zero-order valence-electron chi connectivity index (χ0n) is 16.0. The molecule has 30 heavy (non-hydrogen) atoms. The topological polar surface area (TPSA) is 57.9 Å². The van der Waals surface area contributed by atoms with Gasteiger partial charge in [0.2, 0.25) is 5.76 Å². The first-order chi connectivity index (χ1) is 14.7. The summed E-state index contributed by atoms with van der Waals surface area (Å²) in [5, 5.41) is 1.31. The quantitative estimate of drug-likeness (QED) is 0.261. The summed E-state index contributed by atoms with van der Waals surface area (Å²) in [5.41, 5.74) is 1.25. The number of fused-ring (bicyclic) bond motifs is 1. The summed E-state index contributed by atoms with van der Waals surface area (Å²) in [7, 11) is 0. The SMILES string of the molecule is O=C(OCCOc1ccccc1Cl)c1oc2ccccc2c1COc1ccccc1. The molecule has 0 saturated heterocycles. The first-order valence-electron chi connectivity index (χ1n) is 9.45. The fraction of sp³-hybridized carbons (Fsp3) is 0.125. The van der Waals surface area contributed by atoms with Crippen LogP contribution < -0.4 is 9.47 Å². The first kappa shape index (κ1) is 19.9. The Hall–Kier alpha value is -3.44. The number of benzene rings is 3. The van der Waals surface area contributed by atoms with Crippen LogP contribution in [-0.4, -0.2) is 19.2 Å². The van der Waals surface area contributed by atoms with E-state index in [0.717, 1.165) is 5.39 Å². The van der Waals surface area contributed by atoms with Crippen LogP contribution in [0.4, 0.5) is 0 Å². The van der Waals surface area contributed by atoms with Gasteiger partial charge in [0.1, 0.15) is 36.9 Å². The molecule has 5 nitrogen and oxygen atoms in total. The number of halogens is 1. The number of carbonyl (C=O) groups is 1. The van der Waals surface area contributed by atoms with Crippen LogP contribution in [0.5, 0.6) is 11.5 Å². The van der Waals surface area contributed by atoms with Gasteiger partial charge in [-0.15, -0.1) is 0 Å². The third-order valence-corrected chi connectivity index (χ3v) is 4.73. The number of hydrogen-bond donors (Lipinski definition) is 0. The number of esters is 1. The van der Waals surface area contributed by atoms with Crippen LogP contribution >= 0.6 is 11.6 Å². The molecule has 0 atom stereocenters. The molecule has 1 aromatic heterocycles. The van der Waals surface area contributed by atoms with Crippen LogP contribution in [0, 0.1) is 0 Å². The zero-order chi connectivity index (χ0) is 20.8. The Labute approximate surface area is 178 Å². The van der Waals surface area contributed by atoms with Gasteiger partial charge in [-0.05, 0) is 30.3 Å². The van der Waals surface area contributed by atoms with E-state index in [9.17, 15) is 4.79 Å². The summed E-state index contributed by atoms with van der Waals surface area (Å²) >= 11 is 6.05. The summed E-state index contributed by atoms with van der Waals surface area (Å²) in [6, 6.07) is 23.9. The summed E-state index contributed by atoms with van der Waals surface area (Å²) in [5.74, 6) is 0.802. The third kappa shape index (κ3) is 4.58. The van der Waals surface area contributed by atoms with E-state index in [-0.39, 0.29) is 25.6 Å². The van der Waals surface area contributed by atoms with Gasteiger partial charge in [-0.2, -0.15) is 0 Å². The third-order valence-electron chi connectivity index (χ3n) is 4.42. The smallest absolute Gasteiger partial charge is 0.374 e. The van der Waals surface area contributed by atoms with Crippen molar-refractivity contribution in [3.8, 4) is 11.5 Å². The molecule has 6 heteroatoms. The van der Waals surface area contributed by atoms with Crippen LogP contribution in [-0.2, 0) is 11.3 Å². The minimum absolute atomic E-state index is 0.0556. The molecular formula is C24H19ClO5. The van der Waals surface area contributed by atoms with Gasteiger partial charge < -0.3 is 18.6 Å². The number of furan rings is 1. The van der Waals surface area contributed by atoms with Crippen LogP contribution in [0.1, 0.15) is 16.1 Å². The molecule has 0 spiro atoms. The fourth-order valence-corrected chi connectivity index (χ4v) is 3.18. The highest BCUT2D eigenvalue weighted by Crippen LogP contribution is 2.28. The van der Waals surface area contributed by atoms with Crippen molar-refractivity contribution in [2.24, 2.45) is 0 Å². The Morgan fingerprint density at radius 1 is 0.833 bits per heavy atom. The van der Waals surface area contributed by atoms with Gasteiger partial charge >= 0.3 is 5.97 Å². The first-order valence-corrected chi connectivity index (χ1v) is 9.83. The van der Waals surface area contributed by atoms with Gasteiger partial charge in [-0.1, -0.05) is 60.1 Å². The van der Waals surface area contributed by atoms with Crippen molar-refractivity contribution in [1.29, 1.82) is 0 Å². The molecule has 1 heterocycles. The standard InChI is InChI=1S/C24H19ClO5/c25-20-11-5-7-13-22(20)27-14-15-28-24(26)23-19(16-29-17-8-2-1-3-9-17)18-10-4-6-12-21(18)30-23/h1-13H,14-16H2. The molecule has 0 amide bonds. The van der Waals surface area contributed by atoms with Crippen LogP contribution in [0.3, 0.4) is 0 Å². The number of carbonyl (C=O) groups excluding carboxylic acids is 1. The molecule has 0 aliphatic rings. The van der Waals surface area contributed by atoms with Crippen LogP contribution in [0.25, 0.3) is 11.0 Å². The molecule has 0 radical (unpaired) electrons. The van der Waals surface area contributed by atoms with Crippen molar-refractivity contribution < 1.29 is 23.4 Å². The van der Waals surface area contributed by atoms with Crippen molar-refractivity contribution in [1.82, 2.24) is 0 Å². The van der Waals surface area contributed by atoms with Gasteiger partial charge in [0.05, 0.1) is 10.6 Å². The lowest BCUT2D eigenvalue weighted by atomic mass is 10.1. The van der Waals surface area contributed by atoms with E-state index in [1.165, 1.54) is 0 Å². The van der Waals surface area contributed by atoms with Gasteiger partial charge in [-0.3, -0.25) is 0 Å². The molecule has 4 aromatic rings. The predicted octanol–water partition coefficient (Wildman–Crippen LogP) is 5.90. The van der Waals surface area contributed by atoms with Crippen molar-refractivity contribution >= 4 is 28.5 Å². The van der Waals surface area contributed by atoms with E-state index in [0.29, 0.717) is 27.7 Å². The second-order valence-corrected chi connectivity index (χ2v) is 6.83. The maximum absolute atomic E-state index is 12.7. The molecular weight excluding hydrogens is 404 g/mol. The zero-order valence-corrected chi connectivity index (χ0v) is 16.8. The summed E-state index contributed by atoms with van der Waals surface area (Å²) in [4.78, 5) is 12.7. The molecule has 0 N–H and O–H groups in total. The lowest BCUT2D eigenvalue weighted by Crippen LogP contribution is -2.13. The Balaban J connectivity index is 1.44. The molecule has 4 rings (SSSR count). The van der Waals surface area contributed by atoms with Crippen molar-refractivity contribution in [3.05, 3.63) is 95.2 Å². The predicted molar refractivity (Wildman–Crippen MR) is 114 cm³/mol. The Kier molecular flexibility index (Phi) is 6.20. The average molecular weight is 423 g/mol. The highest BCUT2D eigenvalue weighted by molar-refractivity contribution is 6.32. The van der Waals surface area contributed by atoms with Gasteiger partial charge in [0.25, 0.3) is 0 Å². The van der Waals surface area contributed by atoms with Crippen molar-refractivity contribution in [2.75, 3.05) is 13.2 Å². The lowest BCUT2D eigenvalue weighted by Gasteiger charge is -2.09. The summed E-state index contributed by atoms with van der Waals surface area (Å²) < 4.78 is 22.5. The van der Waals surface area contributed by atoms with Gasteiger partial charge in [-0.25, -0.2) is 4.79 Å². The Bertz CT molecular complexity index is 1140. The number of para-hydroxylation sites is 3. The van der Waals surface area contributed by atoms with E-state index < -0.39 is 5.97 Å². The molecule has 0 unspecified atom stereocenters. The molecule has 0 saturated carbocycles. The monoisotopic (exact) mass is 422 g/mol. The van der Waals surface area contributed by atoms with Gasteiger partial charge in [0, 0.05) is 5.39 Å². The highest BCUT2D eigenvalue weighted by Gasteiger charge is 2.22. The van der Waals surface area contributed by atoms with E-state index in [4.69, 9.17) is 30.2 Å². The normalized spacial score (nSPS) is 10.7. The summed E-state index contributed by atoms with van der Waals surface area (Å²) in [6.45, 7) is 0.410. The fourth-order valence-electron chi connectivity index (χ4n) is 2.99. The Morgan fingerprint density at radius 2 is 1.57 bits per heavy atom. The molecule has 3 aromatic carbocycles. The molecule has 152 valence electrons. The molecule has 0 aliphatic carbocycles. The second kappa shape index (κ2) is 9.37. The van der Waals surface area contributed by atoms with Crippen molar-refractivity contribution in [3.63, 3.8) is 0 Å². The number of rotatable bonds is 8. The number of hydrogen-bond acceptors (Lipinski definition) is 5. The summed E-state index contributed by atoms with van der Waals surface area (Å²) in [6.07, 6.45) is 0. The minimum Gasteiger partial charge on any atom is -0.489 e. The van der Waals surface area contributed by atoms with Crippen LogP contribution in [0.15, 0.2) is 83.3 Å². The maximum Gasteiger partial charge on any atom is 0.374 e. The second-order valence-electron chi connectivity index (χ2n) is 6.42. The molecule has 0 fully saturated rings. The van der Waals surface area contributed by atoms with E-state index in [1.54, 1.807) is 18.2 Å². The minimum atomic E-state index is -0.569. The Morgan fingerprint density at radius 3 is 2.40 bits per heavy atom. The largest absolute Gasteiger partial charge is 0.489 e. The van der Waals surface area contributed by atoms with Gasteiger partial charge in [0.15, 0.2) is 0 Å². The van der Waals surface area contributed by atoms with E-state index >= 15 is 0 Å². The molecule has 0 aliphatic heterocycles. The number of ether oxygens (including phenoxy) is 3. The average Bonchev–Trinajstić information content (AvgIpc) is 3.16. The van der Waals surface area contributed by atoms with E-state index in [2.05, 4.69) is 0 Å².